The van der Waals surface area contributed by atoms with Gasteiger partial charge < -0.3 is 0 Å². The topological polar surface area (TPSA) is 15.3 Å². The van der Waals surface area contributed by atoms with Gasteiger partial charge in [0.2, 0.25) is 0 Å². The molecule has 1 spiro atoms. The number of hydrogen-bond acceptors (Lipinski definition) is 2. The van der Waals surface area contributed by atoms with Crippen LogP contribution in [0.1, 0.15) is 32.1 Å². The van der Waals surface area contributed by atoms with Crippen LogP contribution in [0.4, 0.5) is 0 Å². The third kappa shape index (κ3) is 0.956. The molecule has 0 amide bonds. The van der Waals surface area contributed by atoms with Crippen LogP contribution in [0.3, 0.4) is 0 Å². The predicted molar refractivity (Wildman–Crippen MR) is 41.6 cm³/mol. The molecule has 0 aromatic carbocycles. The summed E-state index contributed by atoms with van der Waals surface area (Å²) in [6, 6.07) is 0. The minimum Gasteiger partial charge on any atom is -0.248 e. The van der Waals surface area contributed by atoms with Gasteiger partial charge in [0.25, 0.3) is 0 Å². The van der Waals surface area contributed by atoms with Crippen molar-refractivity contribution in [1.29, 1.82) is 0 Å². The fourth-order valence-corrected chi connectivity index (χ4v) is 2.34. The van der Waals surface area contributed by atoms with Gasteiger partial charge in [-0.1, -0.05) is 19.3 Å². The Morgan fingerprint density at radius 1 is 1.20 bits per heavy atom. The lowest BCUT2D eigenvalue weighted by atomic mass is 9.80. The number of likely N-dealkylation sites (N-methyl/N-ethyl adjacent to an activating group) is 1. The molecule has 2 fully saturated rings. The molecule has 1 aliphatic carbocycles. The largest absolute Gasteiger partial charge is 0.248 e. The molecule has 2 rings (SSSR count). The number of nitrogens with one attached hydrogen (secondary N) is 1. The highest BCUT2D eigenvalue weighted by molar-refractivity contribution is 4.97. The number of nitrogens with zero attached hydrogens (tertiary/aromatic N) is 1. The highest BCUT2D eigenvalue weighted by Gasteiger charge is 2.40. The fourth-order valence-electron chi connectivity index (χ4n) is 2.34. The van der Waals surface area contributed by atoms with Gasteiger partial charge in [-0.15, -0.1) is 0 Å². The van der Waals surface area contributed by atoms with Crippen LogP contribution in [0.5, 0.6) is 0 Å². The quantitative estimate of drug-likeness (QED) is 0.543. The Hall–Kier alpha value is -0.0800. The molecular formula is C8H16N2. The third-order valence-corrected chi connectivity index (χ3v) is 2.78. The summed E-state index contributed by atoms with van der Waals surface area (Å²) in [4.78, 5) is 0. The van der Waals surface area contributed by atoms with E-state index < -0.39 is 0 Å². The molecule has 1 heterocycles. The van der Waals surface area contributed by atoms with Gasteiger partial charge in [-0.05, 0) is 12.8 Å². The Morgan fingerprint density at radius 2 is 1.80 bits per heavy atom. The molecule has 1 saturated heterocycles. The molecule has 0 bridgehead atoms. The smallest absolute Gasteiger partial charge is 0.0466 e. The minimum absolute atomic E-state index is 0.549. The van der Waals surface area contributed by atoms with Gasteiger partial charge in [-0.3, -0.25) is 0 Å². The van der Waals surface area contributed by atoms with Crippen LogP contribution in [0.25, 0.3) is 0 Å². The van der Waals surface area contributed by atoms with Crippen LogP contribution in [-0.4, -0.2) is 24.1 Å². The first kappa shape index (κ1) is 6.62. The maximum Gasteiger partial charge on any atom is 0.0466 e. The van der Waals surface area contributed by atoms with Crippen molar-refractivity contribution in [3.05, 3.63) is 0 Å². The van der Waals surface area contributed by atoms with Gasteiger partial charge in [-0.25, -0.2) is 10.4 Å². The summed E-state index contributed by atoms with van der Waals surface area (Å²) >= 11 is 0. The number of hydrazine groups is 1. The van der Waals surface area contributed by atoms with E-state index >= 15 is 0 Å². The van der Waals surface area contributed by atoms with E-state index in [0.717, 1.165) is 0 Å². The summed E-state index contributed by atoms with van der Waals surface area (Å²) in [5.74, 6) is 0. The Bertz CT molecular complexity index is 112. The monoisotopic (exact) mass is 140 g/mol. The first-order valence-corrected chi connectivity index (χ1v) is 4.30. The van der Waals surface area contributed by atoms with Gasteiger partial charge in [0, 0.05) is 19.1 Å². The molecule has 1 saturated carbocycles. The van der Waals surface area contributed by atoms with Crippen molar-refractivity contribution in [2.24, 2.45) is 0 Å². The van der Waals surface area contributed by atoms with Crippen LogP contribution in [0, 0.1) is 0 Å². The fraction of sp³-hybridized carbons (Fsp3) is 1.00. The molecule has 58 valence electrons. The molecule has 2 aliphatic rings. The van der Waals surface area contributed by atoms with E-state index in [1.807, 2.05) is 0 Å². The van der Waals surface area contributed by atoms with Crippen molar-refractivity contribution >= 4 is 0 Å². The molecule has 2 heteroatoms. The third-order valence-electron chi connectivity index (χ3n) is 2.78. The van der Waals surface area contributed by atoms with Crippen molar-refractivity contribution in [1.82, 2.24) is 10.4 Å². The summed E-state index contributed by atoms with van der Waals surface area (Å²) < 4.78 is 0. The molecular weight excluding hydrogens is 124 g/mol. The zero-order valence-electron chi connectivity index (χ0n) is 6.69. The van der Waals surface area contributed by atoms with Crippen LogP contribution in [0.2, 0.25) is 0 Å². The lowest BCUT2D eigenvalue weighted by Crippen LogP contribution is -2.70. The molecule has 1 aliphatic heterocycles. The van der Waals surface area contributed by atoms with Gasteiger partial charge in [0.1, 0.15) is 0 Å². The van der Waals surface area contributed by atoms with E-state index in [9.17, 15) is 0 Å². The van der Waals surface area contributed by atoms with E-state index in [4.69, 9.17) is 0 Å². The van der Waals surface area contributed by atoms with Crippen LogP contribution in [-0.2, 0) is 0 Å². The van der Waals surface area contributed by atoms with Crippen LogP contribution >= 0.6 is 0 Å². The van der Waals surface area contributed by atoms with E-state index in [0.29, 0.717) is 5.54 Å². The average molecular weight is 140 g/mol. The molecule has 0 atom stereocenters. The van der Waals surface area contributed by atoms with Crippen molar-refractivity contribution < 1.29 is 0 Å². The Labute approximate surface area is 62.6 Å². The summed E-state index contributed by atoms with van der Waals surface area (Å²) in [5, 5.41) is 2.20. The Kier molecular flexibility index (Phi) is 1.46. The number of hydrogen-bond donors (Lipinski definition) is 1. The predicted octanol–water partition coefficient (Wildman–Crippen LogP) is 1.14. The highest BCUT2D eigenvalue weighted by Crippen LogP contribution is 2.33. The first-order chi connectivity index (χ1) is 4.81. The summed E-state index contributed by atoms with van der Waals surface area (Å²) in [5.41, 5.74) is 4.04. The minimum atomic E-state index is 0.549. The van der Waals surface area contributed by atoms with E-state index in [1.54, 1.807) is 0 Å². The van der Waals surface area contributed by atoms with Crippen molar-refractivity contribution in [2.75, 3.05) is 13.6 Å². The molecule has 0 radical (unpaired) electrons. The second-order valence-corrected chi connectivity index (χ2v) is 3.81. The second-order valence-electron chi connectivity index (χ2n) is 3.81. The molecule has 0 unspecified atom stereocenters. The number of rotatable bonds is 0. The standard InChI is InChI=1S/C8H16N2/c1-10-7-8(9-10)5-3-2-4-6-8/h9H,2-7H2,1H3. The molecule has 0 aromatic heterocycles. The van der Waals surface area contributed by atoms with Crippen LogP contribution < -0.4 is 5.43 Å². The average Bonchev–Trinajstić information content (AvgIpc) is 1.87. The van der Waals surface area contributed by atoms with Gasteiger partial charge in [-0.2, -0.15) is 0 Å². The zero-order valence-corrected chi connectivity index (χ0v) is 6.69. The van der Waals surface area contributed by atoms with Crippen molar-refractivity contribution in [2.45, 2.75) is 37.6 Å². The van der Waals surface area contributed by atoms with E-state index in [-0.39, 0.29) is 0 Å². The summed E-state index contributed by atoms with van der Waals surface area (Å²) in [7, 11) is 2.12. The lowest BCUT2D eigenvalue weighted by Gasteiger charge is -2.52. The first-order valence-electron chi connectivity index (χ1n) is 4.30. The van der Waals surface area contributed by atoms with Gasteiger partial charge in [0.15, 0.2) is 0 Å². The Balaban J connectivity index is 1.90. The van der Waals surface area contributed by atoms with Gasteiger partial charge in [0.05, 0.1) is 0 Å². The van der Waals surface area contributed by atoms with Crippen molar-refractivity contribution in [3.63, 3.8) is 0 Å². The molecule has 0 aromatic rings. The van der Waals surface area contributed by atoms with Gasteiger partial charge >= 0.3 is 0 Å². The van der Waals surface area contributed by atoms with E-state index in [2.05, 4.69) is 17.5 Å². The lowest BCUT2D eigenvalue weighted by molar-refractivity contribution is -0.0332. The SMILES string of the molecule is CN1CC2(CCCCC2)N1. The van der Waals surface area contributed by atoms with Crippen LogP contribution in [0.15, 0.2) is 0 Å². The molecule has 2 nitrogen and oxygen atoms in total. The van der Waals surface area contributed by atoms with Crippen molar-refractivity contribution in [3.8, 4) is 0 Å². The summed E-state index contributed by atoms with van der Waals surface area (Å²) in [6.45, 7) is 1.27. The second kappa shape index (κ2) is 2.21. The zero-order chi connectivity index (χ0) is 7.03. The highest BCUT2D eigenvalue weighted by atomic mass is 15.6. The molecule has 1 N–H and O–H groups in total. The van der Waals surface area contributed by atoms with E-state index in [1.165, 1.54) is 38.6 Å². The summed E-state index contributed by atoms with van der Waals surface area (Å²) in [6.07, 6.45) is 7.11. The molecule has 10 heavy (non-hydrogen) atoms. The Morgan fingerprint density at radius 3 is 2.30 bits per heavy atom. The maximum atomic E-state index is 3.49. The maximum absolute atomic E-state index is 3.49. The normalized spacial score (nSPS) is 32.1.